The molecule has 0 spiro atoms. The quantitative estimate of drug-likeness (QED) is 0.390. The minimum absolute atomic E-state index is 0.0470. The molecule has 0 aliphatic carbocycles. The summed E-state index contributed by atoms with van der Waals surface area (Å²) in [6, 6.07) is 0. The molecule has 16 heavy (non-hydrogen) atoms. The van der Waals surface area contributed by atoms with Crippen LogP contribution in [-0.4, -0.2) is 71.3 Å². The first kappa shape index (κ1) is 15.8. The van der Waals surface area contributed by atoms with Crippen LogP contribution in [0, 0.1) is 0 Å². The molecule has 0 radical (unpaired) electrons. The molecular weight excluding hydrogens is 216 g/mol. The highest BCUT2D eigenvalue weighted by molar-refractivity contribution is 4.74. The van der Waals surface area contributed by atoms with Crippen LogP contribution in [0.4, 0.5) is 0 Å². The van der Waals surface area contributed by atoms with Gasteiger partial charge in [0.25, 0.3) is 0 Å². The SMILES string of the molecule is CC(O)COC(C)C(O)C(CO)OCCO. The molecule has 0 aromatic heterocycles. The van der Waals surface area contributed by atoms with Gasteiger partial charge in [-0.2, -0.15) is 0 Å². The zero-order valence-corrected chi connectivity index (χ0v) is 9.74. The van der Waals surface area contributed by atoms with Gasteiger partial charge in [0.2, 0.25) is 0 Å². The Balaban J connectivity index is 3.99. The number of ether oxygens (including phenoxy) is 2. The van der Waals surface area contributed by atoms with E-state index >= 15 is 0 Å². The van der Waals surface area contributed by atoms with Gasteiger partial charge in [0.1, 0.15) is 12.2 Å². The highest BCUT2D eigenvalue weighted by Gasteiger charge is 2.25. The van der Waals surface area contributed by atoms with E-state index in [-0.39, 0.29) is 26.4 Å². The molecule has 0 bridgehead atoms. The molecule has 6 nitrogen and oxygen atoms in total. The Morgan fingerprint density at radius 2 is 1.69 bits per heavy atom. The van der Waals surface area contributed by atoms with Crippen molar-refractivity contribution >= 4 is 0 Å². The molecule has 0 saturated carbocycles. The summed E-state index contributed by atoms with van der Waals surface area (Å²) in [6.07, 6.45) is -2.97. The monoisotopic (exact) mass is 238 g/mol. The first-order valence-electron chi connectivity index (χ1n) is 5.34. The number of hydrogen-bond acceptors (Lipinski definition) is 6. The van der Waals surface area contributed by atoms with E-state index < -0.39 is 24.4 Å². The largest absolute Gasteiger partial charge is 0.394 e. The molecule has 0 fully saturated rings. The molecule has 0 aromatic rings. The maximum atomic E-state index is 9.74. The summed E-state index contributed by atoms with van der Waals surface area (Å²) in [5, 5.41) is 36.3. The van der Waals surface area contributed by atoms with Crippen molar-refractivity contribution in [3.63, 3.8) is 0 Å². The predicted molar refractivity (Wildman–Crippen MR) is 57.0 cm³/mol. The number of rotatable bonds is 9. The smallest absolute Gasteiger partial charge is 0.109 e. The van der Waals surface area contributed by atoms with Gasteiger partial charge in [0, 0.05) is 0 Å². The van der Waals surface area contributed by atoms with E-state index in [1.54, 1.807) is 13.8 Å². The highest BCUT2D eigenvalue weighted by atomic mass is 16.5. The molecule has 4 N–H and O–H groups in total. The molecular formula is C10H22O6. The van der Waals surface area contributed by atoms with E-state index in [0.29, 0.717) is 0 Å². The van der Waals surface area contributed by atoms with Gasteiger partial charge in [-0.25, -0.2) is 0 Å². The Labute approximate surface area is 95.4 Å². The second-order valence-electron chi connectivity index (χ2n) is 3.69. The normalized spacial score (nSPS) is 19.1. The van der Waals surface area contributed by atoms with Crippen LogP contribution >= 0.6 is 0 Å². The van der Waals surface area contributed by atoms with Crippen molar-refractivity contribution in [3.05, 3.63) is 0 Å². The van der Waals surface area contributed by atoms with E-state index in [4.69, 9.17) is 24.8 Å². The third kappa shape index (κ3) is 6.37. The zero-order chi connectivity index (χ0) is 12.6. The summed E-state index contributed by atoms with van der Waals surface area (Å²) in [5.41, 5.74) is 0. The van der Waals surface area contributed by atoms with Gasteiger partial charge in [-0.15, -0.1) is 0 Å². The summed E-state index contributed by atoms with van der Waals surface area (Å²) >= 11 is 0. The van der Waals surface area contributed by atoms with Gasteiger partial charge in [-0.3, -0.25) is 0 Å². The van der Waals surface area contributed by atoms with Crippen LogP contribution in [0.25, 0.3) is 0 Å². The van der Waals surface area contributed by atoms with E-state index in [0.717, 1.165) is 0 Å². The lowest BCUT2D eigenvalue weighted by Crippen LogP contribution is -2.42. The van der Waals surface area contributed by atoms with Gasteiger partial charge in [-0.05, 0) is 13.8 Å². The van der Waals surface area contributed by atoms with Gasteiger partial charge in [-0.1, -0.05) is 0 Å². The Morgan fingerprint density at radius 1 is 1.06 bits per heavy atom. The molecule has 98 valence electrons. The van der Waals surface area contributed by atoms with Gasteiger partial charge < -0.3 is 29.9 Å². The van der Waals surface area contributed by atoms with E-state index in [1.165, 1.54) is 0 Å². The van der Waals surface area contributed by atoms with Crippen LogP contribution < -0.4 is 0 Å². The lowest BCUT2D eigenvalue weighted by molar-refractivity contribution is -0.130. The molecule has 0 rings (SSSR count). The minimum Gasteiger partial charge on any atom is -0.394 e. The topological polar surface area (TPSA) is 99.4 Å². The average Bonchev–Trinajstić information content (AvgIpc) is 2.26. The fourth-order valence-corrected chi connectivity index (χ4v) is 1.16. The second kappa shape index (κ2) is 8.86. The lowest BCUT2D eigenvalue weighted by Gasteiger charge is -2.26. The van der Waals surface area contributed by atoms with Crippen LogP contribution in [0.5, 0.6) is 0 Å². The van der Waals surface area contributed by atoms with Crippen molar-refractivity contribution in [2.45, 2.75) is 38.3 Å². The van der Waals surface area contributed by atoms with Crippen LogP contribution in [-0.2, 0) is 9.47 Å². The highest BCUT2D eigenvalue weighted by Crippen LogP contribution is 2.08. The molecule has 0 aromatic carbocycles. The number of hydrogen-bond donors (Lipinski definition) is 4. The predicted octanol–water partition coefficient (Wildman–Crippen LogP) is -1.50. The van der Waals surface area contributed by atoms with Crippen LogP contribution in [0.15, 0.2) is 0 Å². The first-order chi connectivity index (χ1) is 7.52. The summed E-state index contributed by atoms with van der Waals surface area (Å²) in [6.45, 7) is 2.82. The molecule has 0 heterocycles. The Hall–Kier alpha value is -0.240. The van der Waals surface area contributed by atoms with Crippen molar-refractivity contribution in [2.24, 2.45) is 0 Å². The summed E-state index contributed by atoms with van der Waals surface area (Å²) in [5.74, 6) is 0. The fourth-order valence-electron chi connectivity index (χ4n) is 1.16. The Morgan fingerprint density at radius 3 is 2.12 bits per heavy atom. The van der Waals surface area contributed by atoms with E-state index in [1.807, 2.05) is 0 Å². The van der Waals surface area contributed by atoms with E-state index in [2.05, 4.69) is 0 Å². The maximum absolute atomic E-state index is 9.74. The Kier molecular flexibility index (Phi) is 8.73. The molecule has 6 heteroatoms. The summed E-state index contributed by atoms with van der Waals surface area (Å²) in [7, 11) is 0. The molecule has 0 amide bonds. The van der Waals surface area contributed by atoms with Crippen molar-refractivity contribution < 1.29 is 29.9 Å². The zero-order valence-electron chi connectivity index (χ0n) is 9.74. The van der Waals surface area contributed by atoms with Gasteiger partial charge in [0.15, 0.2) is 0 Å². The minimum atomic E-state index is -1.00. The number of aliphatic hydroxyl groups is 4. The van der Waals surface area contributed by atoms with Crippen molar-refractivity contribution in [3.8, 4) is 0 Å². The van der Waals surface area contributed by atoms with Gasteiger partial charge in [0.05, 0.1) is 38.6 Å². The van der Waals surface area contributed by atoms with Crippen LogP contribution in [0.3, 0.4) is 0 Å². The third-order valence-electron chi connectivity index (χ3n) is 2.07. The molecule has 4 unspecified atom stereocenters. The van der Waals surface area contributed by atoms with Crippen LogP contribution in [0.1, 0.15) is 13.8 Å². The standard InChI is InChI=1S/C10H22O6/c1-7(13)6-16-8(2)10(14)9(5-12)15-4-3-11/h7-14H,3-6H2,1-2H3. The van der Waals surface area contributed by atoms with E-state index in [9.17, 15) is 5.11 Å². The molecule has 0 aliphatic rings. The summed E-state index contributed by atoms with van der Waals surface area (Å²) in [4.78, 5) is 0. The molecule has 0 saturated heterocycles. The molecule has 0 aliphatic heterocycles. The summed E-state index contributed by atoms with van der Waals surface area (Å²) < 4.78 is 10.2. The number of aliphatic hydroxyl groups excluding tert-OH is 4. The first-order valence-corrected chi connectivity index (χ1v) is 5.34. The Bertz CT molecular complexity index is 163. The van der Waals surface area contributed by atoms with Crippen molar-refractivity contribution in [1.82, 2.24) is 0 Å². The van der Waals surface area contributed by atoms with Crippen LogP contribution in [0.2, 0.25) is 0 Å². The lowest BCUT2D eigenvalue weighted by atomic mass is 10.1. The maximum Gasteiger partial charge on any atom is 0.109 e. The van der Waals surface area contributed by atoms with Crippen molar-refractivity contribution in [2.75, 3.05) is 26.4 Å². The molecule has 4 atom stereocenters. The van der Waals surface area contributed by atoms with Gasteiger partial charge >= 0.3 is 0 Å². The second-order valence-corrected chi connectivity index (χ2v) is 3.69. The fraction of sp³-hybridized carbons (Fsp3) is 1.00. The van der Waals surface area contributed by atoms with Crippen molar-refractivity contribution in [1.29, 1.82) is 0 Å². The third-order valence-corrected chi connectivity index (χ3v) is 2.07. The average molecular weight is 238 g/mol.